The van der Waals surface area contributed by atoms with E-state index in [4.69, 9.17) is 10.5 Å². The van der Waals surface area contributed by atoms with Crippen LogP contribution in [0.5, 0.6) is 11.5 Å². The van der Waals surface area contributed by atoms with Crippen LogP contribution in [0.3, 0.4) is 0 Å². The van der Waals surface area contributed by atoms with Crippen molar-refractivity contribution < 1.29 is 27.5 Å². The van der Waals surface area contributed by atoms with E-state index in [0.717, 1.165) is 12.3 Å². The predicted octanol–water partition coefficient (Wildman–Crippen LogP) is 3.25. The van der Waals surface area contributed by atoms with E-state index in [0.29, 0.717) is 11.5 Å². The second-order valence-electron chi connectivity index (χ2n) is 8.70. The summed E-state index contributed by atoms with van der Waals surface area (Å²) in [5.74, 6) is -5.35. The molecule has 3 aromatic rings. The molecule has 1 aliphatic heterocycles. The minimum absolute atomic E-state index is 0.0397. The highest BCUT2D eigenvalue weighted by Gasteiger charge is 2.46. The number of anilines is 1. The second-order valence-corrected chi connectivity index (χ2v) is 8.70. The molecule has 194 valence electrons. The van der Waals surface area contributed by atoms with Gasteiger partial charge in [-0.25, -0.2) is 18.2 Å². The third-order valence-corrected chi connectivity index (χ3v) is 6.22. The first-order valence-corrected chi connectivity index (χ1v) is 11.4. The van der Waals surface area contributed by atoms with E-state index in [1.165, 1.54) is 36.5 Å². The molecule has 0 unspecified atom stereocenters. The van der Waals surface area contributed by atoms with Gasteiger partial charge in [-0.2, -0.15) is 0 Å². The quantitative estimate of drug-likeness (QED) is 0.443. The Labute approximate surface area is 209 Å². The molecular weight excluding hydrogens is 491 g/mol. The summed E-state index contributed by atoms with van der Waals surface area (Å²) in [6.45, 7) is 1.36. The maximum absolute atomic E-state index is 14.8. The lowest BCUT2D eigenvalue weighted by Crippen LogP contribution is -2.52. The molecule has 3 heterocycles. The molecule has 1 aromatic carbocycles. The maximum atomic E-state index is 14.8. The average molecular weight is 515 g/mol. The molecule has 2 amide bonds. The van der Waals surface area contributed by atoms with Crippen molar-refractivity contribution in [1.82, 2.24) is 14.9 Å². The number of primary amides is 1. The number of rotatable bonds is 7. The number of alkyl halides is 2. The zero-order chi connectivity index (χ0) is 26.7. The Kier molecular flexibility index (Phi) is 7.30. The van der Waals surface area contributed by atoms with Crippen molar-refractivity contribution in [2.45, 2.75) is 31.2 Å². The van der Waals surface area contributed by atoms with Crippen LogP contribution in [0.15, 0.2) is 59.7 Å². The number of piperidine rings is 1. The number of aromatic amines is 1. The van der Waals surface area contributed by atoms with Crippen molar-refractivity contribution in [2.24, 2.45) is 5.73 Å². The number of nitrogens with one attached hydrogen (secondary N) is 2. The van der Waals surface area contributed by atoms with Gasteiger partial charge in [0.2, 0.25) is 5.91 Å². The molecule has 12 heteroatoms. The largest absolute Gasteiger partial charge is 0.456 e. The first kappa shape index (κ1) is 25.9. The summed E-state index contributed by atoms with van der Waals surface area (Å²) < 4.78 is 48.2. The molecular formula is C25H24F3N5O4. The van der Waals surface area contributed by atoms with Crippen LogP contribution in [0.2, 0.25) is 0 Å². The molecule has 9 nitrogen and oxygen atoms in total. The maximum Gasteiger partial charge on any atom is 0.260 e. The Morgan fingerprint density at radius 2 is 1.92 bits per heavy atom. The molecule has 0 radical (unpaired) electrons. The highest BCUT2D eigenvalue weighted by molar-refractivity contribution is 5.94. The molecule has 1 fully saturated rings. The first-order chi connectivity index (χ1) is 17.5. The molecule has 2 atom stereocenters. The van der Waals surface area contributed by atoms with E-state index in [1.807, 2.05) is 0 Å². The van der Waals surface area contributed by atoms with Gasteiger partial charge in [-0.3, -0.25) is 19.3 Å². The van der Waals surface area contributed by atoms with Gasteiger partial charge in [0.1, 0.15) is 28.7 Å². The number of halogens is 3. The van der Waals surface area contributed by atoms with Crippen molar-refractivity contribution in [2.75, 3.05) is 18.4 Å². The fourth-order valence-corrected chi connectivity index (χ4v) is 4.06. The number of benzene rings is 1. The SMILES string of the molecule is C[C@@H](C(=O)Nc1ccc(Oc2ccc(F)cc2)cn1)N1CCC(F)(F)[C@@H](c2c[nH]c(=O)c(C(N)=O)c2)C1. The zero-order valence-corrected chi connectivity index (χ0v) is 19.7. The van der Waals surface area contributed by atoms with Crippen LogP contribution in [0.1, 0.15) is 35.2 Å². The van der Waals surface area contributed by atoms with Crippen molar-refractivity contribution in [1.29, 1.82) is 0 Å². The predicted molar refractivity (Wildman–Crippen MR) is 128 cm³/mol. The Hall–Kier alpha value is -4.19. The van der Waals surface area contributed by atoms with Gasteiger partial charge < -0.3 is 20.8 Å². The van der Waals surface area contributed by atoms with E-state index in [9.17, 15) is 27.6 Å². The van der Waals surface area contributed by atoms with E-state index < -0.39 is 53.1 Å². The number of nitrogens with zero attached hydrogens (tertiary/aromatic N) is 2. The third-order valence-electron chi connectivity index (χ3n) is 6.22. The number of hydrogen-bond acceptors (Lipinski definition) is 6. The minimum atomic E-state index is -3.12. The number of H-pyrrole nitrogens is 1. The van der Waals surface area contributed by atoms with Crippen LogP contribution in [0.4, 0.5) is 19.0 Å². The van der Waals surface area contributed by atoms with Crippen molar-refractivity contribution in [3.63, 3.8) is 0 Å². The van der Waals surface area contributed by atoms with Gasteiger partial charge in [0.15, 0.2) is 0 Å². The van der Waals surface area contributed by atoms with Gasteiger partial charge in [0.25, 0.3) is 17.4 Å². The number of carbonyl (C=O) groups excluding carboxylic acids is 2. The van der Waals surface area contributed by atoms with Gasteiger partial charge >= 0.3 is 0 Å². The highest BCUT2D eigenvalue weighted by Crippen LogP contribution is 2.40. The van der Waals surface area contributed by atoms with Crippen LogP contribution in [0.25, 0.3) is 0 Å². The number of pyridine rings is 2. The lowest BCUT2D eigenvalue weighted by Gasteiger charge is -2.40. The van der Waals surface area contributed by atoms with Crippen molar-refractivity contribution >= 4 is 17.6 Å². The molecule has 2 aromatic heterocycles. The monoisotopic (exact) mass is 515 g/mol. The number of ether oxygens (including phenoxy) is 1. The van der Waals surface area contributed by atoms with Gasteiger partial charge in [0.05, 0.1) is 18.2 Å². The average Bonchev–Trinajstić information content (AvgIpc) is 2.86. The second kappa shape index (κ2) is 10.4. The Bertz CT molecular complexity index is 1350. The Morgan fingerprint density at radius 3 is 2.57 bits per heavy atom. The lowest BCUT2D eigenvalue weighted by atomic mass is 9.86. The molecule has 1 saturated heterocycles. The summed E-state index contributed by atoms with van der Waals surface area (Å²) in [4.78, 5) is 44.2. The van der Waals surface area contributed by atoms with Crippen LogP contribution in [0, 0.1) is 5.82 Å². The number of carbonyl (C=O) groups is 2. The van der Waals surface area contributed by atoms with Crippen LogP contribution < -0.4 is 21.3 Å². The van der Waals surface area contributed by atoms with Crippen LogP contribution >= 0.6 is 0 Å². The minimum Gasteiger partial charge on any atom is -0.456 e. The summed E-state index contributed by atoms with van der Waals surface area (Å²) >= 11 is 0. The molecule has 37 heavy (non-hydrogen) atoms. The molecule has 4 N–H and O–H groups in total. The fraction of sp³-hybridized carbons (Fsp3) is 0.280. The smallest absolute Gasteiger partial charge is 0.260 e. The Morgan fingerprint density at radius 1 is 1.22 bits per heavy atom. The van der Waals surface area contributed by atoms with E-state index in [2.05, 4.69) is 15.3 Å². The Balaban J connectivity index is 1.42. The fourth-order valence-electron chi connectivity index (χ4n) is 4.06. The van der Waals surface area contributed by atoms with Crippen LogP contribution in [-0.2, 0) is 4.79 Å². The summed E-state index contributed by atoms with van der Waals surface area (Å²) in [5, 5.41) is 2.65. The summed E-state index contributed by atoms with van der Waals surface area (Å²) in [6.07, 6.45) is 2.00. The van der Waals surface area contributed by atoms with Gasteiger partial charge in [-0.1, -0.05) is 0 Å². The summed E-state index contributed by atoms with van der Waals surface area (Å²) in [5.41, 5.74) is 4.06. The standard InChI is InChI=1S/C25H24F3N5O4/c1-14(23(35)32-21-7-6-18(12-30-21)37-17-4-2-16(26)3-5-17)33-9-8-25(27,28)20(13-33)15-10-19(22(29)34)24(36)31-11-15/h2-7,10-12,14,20H,8-9,13H2,1H3,(H2,29,34)(H,31,36)(H,30,32,35)/t14-,20+/m0/s1. The van der Waals surface area contributed by atoms with E-state index in [1.54, 1.807) is 17.9 Å². The number of amides is 2. The topological polar surface area (TPSA) is 130 Å². The van der Waals surface area contributed by atoms with Crippen molar-refractivity contribution in [3.8, 4) is 11.5 Å². The van der Waals surface area contributed by atoms with Crippen molar-refractivity contribution in [3.05, 3.63) is 82.2 Å². The molecule has 0 saturated carbocycles. The van der Waals surface area contributed by atoms with Gasteiger partial charge in [-0.15, -0.1) is 0 Å². The number of likely N-dealkylation sites (tertiary alicyclic amines) is 1. The number of aromatic nitrogens is 2. The summed E-state index contributed by atoms with van der Waals surface area (Å²) in [7, 11) is 0. The van der Waals surface area contributed by atoms with E-state index in [-0.39, 0.29) is 24.5 Å². The lowest BCUT2D eigenvalue weighted by molar-refractivity contribution is -0.125. The van der Waals surface area contributed by atoms with Crippen LogP contribution in [-0.4, -0.2) is 51.7 Å². The molecule has 0 aliphatic carbocycles. The number of nitrogens with two attached hydrogens (primary N) is 1. The normalized spacial score (nSPS) is 18.1. The zero-order valence-electron chi connectivity index (χ0n) is 19.7. The van der Waals surface area contributed by atoms with E-state index >= 15 is 0 Å². The molecule has 4 rings (SSSR count). The molecule has 1 aliphatic rings. The van der Waals surface area contributed by atoms with Gasteiger partial charge in [-0.05, 0) is 55.0 Å². The summed E-state index contributed by atoms with van der Waals surface area (Å²) in [6, 6.07) is 8.82. The third kappa shape index (κ3) is 5.97. The molecule has 0 spiro atoms. The van der Waals surface area contributed by atoms with Gasteiger partial charge in [0, 0.05) is 25.7 Å². The highest BCUT2D eigenvalue weighted by atomic mass is 19.3. The number of hydrogen-bond donors (Lipinski definition) is 3. The first-order valence-electron chi connectivity index (χ1n) is 11.4. The molecule has 0 bridgehead atoms.